The van der Waals surface area contributed by atoms with Gasteiger partial charge in [-0.1, -0.05) is 20.8 Å². The van der Waals surface area contributed by atoms with Crippen LogP contribution in [0.3, 0.4) is 0 Å². The molecule has 1 saturated heterocycles. The normalized spacial score (nSPS) is 36.8. The van der Waals surface area contributed by atoms with E-state index in [1.807, 2.05) is 0 Å². The lowest BCUT2D eigenvalue weighted by atomic mass is 9.85. The number of hydrogen-bond donors (Lipinski definition) is 1. The smallest absolute Gasteiger partial charge is 0.0655 e. The first-order valence-electron chi connectivity index (χ1n) is 6.74. The van der Waals surface area contributed by atoms with Gasteiger partial charge in [-0.2, -0.15) is 0 Å². The van der Waals surface area contributed by atoms with Crippen LogP contribution in [0.25, 0.3) is 0 Å². The van der Waals surface area contributed by atoms with Crippen molar-refractivity contribution >= 4 is 0 Å². The summed E-state index contributed by atoms with van der Waals surface area (Å²) in [4.78, 5) is 2.73. The van der Waals surface area contributed by atoms with Crippen molar-refractivity contribution in [2.24, 2.45) is 5.41 Å². The lowest BCUT2D eigenvalue weighted by Crippen LogP contribution is -2.66. The molecule has 0 aromatic rings. The Morgan fingerprint density at radius 2 is 1.62 bits per heavy atom. The van der Waals surface area contributed by atoms with E-state index in [2.05, 4.69) is 51.8 Å². The molecule has 2 fully saturated rings. The zero-order valence-corrected chi connectivity index (χ0v) is 11.8. The van der Waals surface area contributed by atoms with Gasteiger partial charge in [-0.15, -0.1) is 0 Å². The summed E-state index contributed by atoms with van der Waals surface area (Å²) in [5.74, 6) is 0. The second-order valence-corrected chi connectivity index (χ2v) is 7.68. The van der Waals surface area contributed by atoms with Crippen LogP contribution in [0.15, 0.2) is 0 Å². The molecular formula is C14H28N2. The van der Waals surface area contributed by atoms with E-state index in [0.717, 1.165) is 12.1 Å². The summed E-state index contributed by atoms with van der Waals surface area (Å²) in [6, 6.07) is 1.57. The molecule has 0 spiro atoms. The van der Waals surface area contributed by atoms with Crippen molar-refractivity contribution in [3.8, 4) is 0 Å². The molecule has 1 aliphatic carbocycles. The molecule has 1 aliphatic heterocycles. The van der Waals surface area contributed by atoms with Gasteiger partial charge < -0.3 is 0 Å². The van der Waals surface area contributed by atoms with Gasteiger partial charge in [0.1, 0.15) is 0 Å². The van der Waals surface area contributed by atoms with Gasteiger partial charge in [0.05, 0.1) is 6.17 Å². The van der Waals surface area contributed by atoms with E-state index < -0.39 is 0 Å². The molecule has 0 aromatic heterocycles. The largest absolute Gasteiger partial charge is 0.298 e. The third-order valence-corrected chi connectivity index (χ3v) is 4.06. The van der Waals surface area contributed by atoms with E-state index >= 15 is 0 Å². The maximum Gasteiger partial charge on any atom is 0.0655 e. The van der Waals surface area contributed by atoms with Crippen molar-refractivity contribution in [1.82, 2.24) is 10.2 Å². The van der Waals surface area contributed by atoms with Gasteiger partial charge in [0.2, 0.25) is 0 Å². The number of fused-ring (bicyclic) bond motifs is 2. The van der Waals surface area contributed by atoms with Gasteiger partial charge in [0.25, 0.3) is 0 Å². The summed E-state index contributed by atoms with van der Waals surface area (Å²) in [5.41, 5.74) is 0.583. The maximum absolute atomic E-state index is 3.87. The SMILES string of the molecule is CC(C)(C)C1NC2CCC(C2)N1C(C)(C)C. The van der Waals surface area contributed by atoms with Crippen molar-refractivity contribution < 1.29 is 0 Å². The zero-order valence-electron chi connectivity index (χ0n) is 11.8. The Morgan fingerprint density at radius 3 is 2.12 bits per heavy atom. The van der Waals surface area contributed by atoms with Gasteiger partial charge in [-0.3, -0.25) is 10.2 Å². The molecule has 2 bridgehead atoms. The second kappa shape index (κ2) is 3.71. The van der Waals surface area contributed by atoms with Crippen LogP contribution in [0.5, 0.6) is 0 Å². The predicted molar refractivity (Wildman–Crippen MR) is 69.4 cm³/mol. The Bertz CT molecular complexity index is 259. The highest BCUT2D eigenvalue weighted by Gasteiger charge is 2.47. The van der Waals surface area contributed by atoms with Crippen molar-refractivity contribution in [2.75, 3.05) is 0 Å². The maximum atomic E-state index is 3.87. The molecule has 0 amide bonds. The van der Waals surface area contributed by atoms with Crippen LogP contribution in [0, 0.1) is 5.41 Å². The van der Waals surface area contributed by atoms with Crippen LogP contribution in [-0.4, -0.2) is 28.7 Å². The molecule has 0 aromatic carbocycles. The zero-order chi connectivity index (χ0) is 12.1. The number of hydrogen-bond acceptors (Lipinski definition) is 2. The first-order valence-corrected chi connectivity index (χ1v) is 6.74. The molecule has 1 heterocycles. The number of rotatable bonds is 0. The molecule has 2 aliphatic rings. The lowest BCUT2D eigenvalue weighted by molar-refractivity contribution is -0.0515. The van der Waals surface area contributed by atoms with Gasteiger partial charge in [-0.05, 0) is 45.4 Å². The summed E-state index contributed by atoms with van der Waals surface area (Å²) in [7, 11) is 0. The van der Waals surface area contributed by atoms with E-state index in [4.69, 9.17) is 0 Å². The first-order chi connectivity index (χ1) is 7.19. The summed E-state index contributed by atoms with van der Waals surface area (Å²) >= 11 is 0. The molecule has 94 valence electrons. The minimum atomic E-state index is 0.269. The van der Waals surface area contributed by atoms with Gasteiger partial charge in [0.15, 0.2) is 0 Å². The van der Waals surface area contributed by atoms with Gasteiger partial charge in [-0.25, -0.2) is 0 Å². The van der Waals surface area contributed by atoms with Crippen LogP contribution >= 0.6 is 0 Å². The summed E-state index contributed by atoms with van der Waals surface area (Å²) in [6.45, 7) is 14.1. The fourth-order valence-electron chi connectivity index (χ4n) is 3.48. The second-order valence-electron chi connectivity index (χ2n) is 7.68. The standard InChI is InChI=1S/C14H28N2/c1-13(2,3)12-15-10-7-8-11(9-10)16(12)14(4,5)6/h10-12,15H,7-9H2,1-6H3. The Hall–Kier alpha value is -0.0800. The van der Waals surface area contributed by atoms with Gasteiger partial charge in [0, 0.05) is 17.6 Å². The lowest BCUT2D eigenvalue weighted by Gasteiger charge is -2.53. The third-order valence-electron chi connectivity index (χ3n) is 4.06. The van der Waals surface area contributed by atoms with Crippen molar-refractivity contribution in [3.63, 3.8) is 0 Å². The fourth-order valence-corrected chi connectivity index (χ4v) is 3.48. The number of nitrogens with one attached hydrogen (secondary N) is 1. The highest BCUT2D eigenvalue weighted by Crippen LogP contribution is 2.40. The monoisotopic (exact) mass is 224 g/mol. The van der Waals surface area contributed by atoms with E-state index in [1.165, 1.54) is 19.3 Å². The average Bonchev–Trinajstić information content (AvgIpc) is 2.42. The van der Waals surface area contributed by atoms with Crippen LogP contribution in [-0.2, 0) is 0 Å². The summed E-state index contributed by atoms with van der Waals surface area (Å²) in [5, 5.41) is 3.87. The van der Waals surface area contributed by atoms with Crippen molar-refractivity contribution in [3.05, 3.63) is 0 Å². The highest BCUT2D eigenvalue weighted by molar-refractivity contribution is 5.02. The van der Waals surface area contributed by atoms with E-state index in [0.29, 0.717) is 11.6 Å². The molecule has 16 heavy (non-hydrogen) atoms. The van der Waals surface area contributed by atoms with Crippen LogP contribution in [0.4, 0.5) is 0 Å². The van der Waals surface area contributed by atoms with E-state index in [9.17, 15) is 0 Å². The van der Waals surface area contributed by atoms with Crippen LogP contribution < -0.4 is 5.32 Å². The Balaban J connectivity index is 2.28. The topological polar surface area (TPSA) is 15.3 Å². The summed E-state index contributed by atoms with van der Waals surface area (Å²) < 4.78 is 0. The minimum absolute atomic E-state index is 0.269. The number of nitrogens with zero attached hydrogens (tertiary/aromatic N) is 1. The predicted octanol–water partition coefficient (Wildman–Crippen LogP) is 2.98. The Morgan fingerprint density at radius 1 is 1.00 bits per heavy atom. The van der Waals surface area contributed by atoms with Crippen LogP contribution in [0.2, 0.25) is 0 Å². The fraction of sp³-hybridized carbons (Fsp3) is 1.00. The molecule has 1 N–H and O–H groups in total. The molecule has 3 unspecified atom stereocenters. The molecular weight excluding hydrogens is 196 g/mol. The first kappa shape index (κ1) is 12.4. The van der Waals surface area contributed by atoms with E-state index in [1.54, 1.807) is 0 Å². The van der Waals surface area contributed by atoms with E-state index in [-0.39, 0.29) is 5.54 Å². The highest BCUT2D eigenvalue weighted by atomic mass is 15.4. The van der Waals surface area contributed by atoms with Crippen LogP contribution in [0.1, 0.15) is 60.8 Å². The molecule has 1 saturated carbocycles. The molecule has 2 heteroatoms. The molecule has 0 radical (unpaired) electrons. The Kier molecular flexibility index (Phi) is 2.87. The average molecular weight is 224 g/mol. The molecule has 3 atom stereocenters. The van der Waals surface area contributed by atoms with Crippen molar-refractivity contribution in [2.45, 2.75) is 84.6 Å². The molecule has 2 nitrogen and oxygen atoms in total. The quantitative estimate of drug-likeness (QED) is 0.680. The molecule has 2 rings (SSSR count). The third kappa shape index (κ3) is 2.14. The summed E-state index contributed by atoms with van der Waals surface area (Å²) in [6.07, 6.45) is 4.62. The van der Waals surface area contributed by atoms with Crippen molar-refractivity contribution in [1.29, 1.82) is 0 Å². The Labute approximate surface area is 101 Å². The minimum Gasteiger partial charge on any atom is -0.298 e. The van der Waals surface area contributed by atoms with Gasteiger partial charge >= 0.3 is 0 Å².